The van der Waals surface area contributed by atoms with Gasteiger partial charge in [-0.2, -0.15) is 0 Å². The van der Waals surface area contributed by atoms with Gasteiger partial charge in [-0.25, -0.2) is 4.79 Å². The maximum Gasteiger partial charge on any atom is 0.341 e. The van der Waals surface area contributed by atoms with E-state index in [0.717, 1.165) is 19.3 Å². The van der Waals surface area contributed by atoms with Gasteiger partial charge in [0.2, 0.25) is 5.91 Å². The Morgan fingerprint density at radius 3 is 2.25 bits per heavy atom. The molecule has 36 heavy (non-hydrogen) atoms. The number of carboxylic acid groups (broad SMARTS) is 1. The monoisotopic (exact) mass is 489 g/mol. The lowest BCUT2D eigenvalue weighted by molar-refractivity contribution is -0.139. The summed E-state index contributed by atoms with van der Waals surface area (Å²) >= 11 is 0. The minimum absolute atomic E-state index is 0.206. The van der Waals surface area contributed by atoms with E-state index in [0.29, 0.717) is 17.7 Å². The Bertz CT molecular complexity index is 1150. The number of carbonyl (C=O) groups excluding carboxylic acids is 2. The van der Waals surface area contributed by atoms with Crippen LogP contribution in [-0.2, 0) is 22.4 Å². The molecule has 188 valence electrons. The van der Waals surface area contributed by atoms with Crippen LogP contribution < -0.4 is 21.1 Å². The predicted octanol–water partition coefficient (Wildman–Crippen LogP) is 3.21. The van der Waals surface area contributed by atoms with E-state index >= 15 is 0 Å². The number of nitrogens with one attached hydrogen (secondary N) is 2. The summed E-state index contributed by atoms with van der Waals surface area (Å²) in [4.78, 5) is 36.5. The lowest BCUT2D eigenvalue weighted by Crippen LogP contribution is -2.48. The van der Waals surface area contributed by atoms with E-state index in [4.69, 9.17) is 15.6 Å². The lowest BCUT2D eigenvalue weighted by atomic mass is 10.0. The van der Waals surface area contributed by atoms with Gasteiger partial charge in [0.05, 0.1) is 5.69 Å². The number of unbranched alkanes of at least 4 members (excludes halogenated alkanes) is 1. The van der Waals surface area contributed by atoms with E-state index in [9.17, 15) is 14.4 Å². The molecule has 0 aliphatic heterocycles. The molecule has 0 heterocycles. The molecule has 0 saturated carbocycles. The lowest BCUT2D eigenvalue weighted by Gasteiger charge is -2.19. The van der Waals surface area contributed by atoms with E-state index < -0.39 is 18.6 Å². The number of ether oxygens (including phenoxy) is 1. The number of aryl methyl sites for hydroxylation is 1. The molecule has 8 heteroatoms. The average molecular weight is 490 g/mol. The smallest absolute Gasteiger partial charge is 0.341 e. The van der Waals surface area contributed by atoms with Gasteiger partial charge >= 0.3 is 5.97 Å². The van der Waals surface area contributed by atoms with Crippen molar-refractivity contribution in [1.29, 1.82) is 0 Å². The Hall–Kier alpha value is -4.33. The van der Waals surface area contributed by atoms with E-state index in [1.165, 1.54) is 5.56 Å². The van der Waals surface area contributed by atoms with E-state index in [1.807, 2.05) is 24.3 Å². The molecule has 0 saturated heterocycles. The van der Waals surface area contributed by atoms with Gasteiger partial charge in [-0.1, -0.05) is 54.6 Å². The van der Waals surface area contributed by atoms with Crippen LogP contribution in [0.25, 0.3) is 0 Å². The summed E-state index contributed by atoms with van der Waals surface area (Å²) in [6, 6.07) is 22.9. The third kappa shape index (κ3) is 8.47. The van der Waals surface area contributed by atoms with Crippen LogP contribution in [0.4, 0.5) is 5.69 Å². The number of aliphatic carboxylic acids is 1. The Morgan fingerprint density at radius 1 is 0.889 bits per heavy atom. The third-order valence-corrected chi connectivity index (χ3v) is 5.56. The minimum atomic E-state index is -1.11. The van der Waals surface area contributed by atoms with Gasteiger partial charge in [-0.15, -0.1) is 0 Å². The van der Waals surface area contributed by atoms with Crippen LogP contribution in [0.15, 0.2) is 78.9 Å². The standard InChI is InChI=1S/C28H31N3O5/c29-23-17-21(14-15-25(23)36-19-26(32)33)18-24(31-27(34)22-12-5-2-6-13-22)28(35)30-16-8-7-11-20-9-3-1-4-10-20/h1-6,9-10,12-15,17,24H,7-8,11,16,18-19,29H2,(H,30,35)(H,31,34)(H,32,33). The van der Waals surface area contributed by atoms with Crippen LogP contribution in [-0.4, -0.2) is 42.1 Å². The van der Waals surface area contributed by atoms with Crippen molar-refractivity contribution in [1.82, 2.24) is 10.6 Å². The molecule has 0 radical (unpaired) electrons. The fraction of sp³-hybridized carbons (Fsp3) is 0.250. The number of anilines is 1. The maximum absolute atomic E-state index is 13.0. The second-order valence-electron chi connectivity index (χ2n) is 8.38. The Morgan fingerprint density at radius 2 is 1.58 bits per heavy atom. The number of amides is 2. The Kier molecular flexibility index (Phi) is 9.88. The van der Waals surface area contributed by atoms with Gasteiger partial charge in [-0.3, -0.25) is 9.59 Å². The molecule has 0 spiro atoms. The number of carboxylic acids is 1. The van der Waals surface area contributed by atoms with Crippen LogP contribution in [0.5, 0.6) is 5.75 Å². The number of nitrogen functional groups attached to an aromatic ring is 1. The van der Waals surface area contributed by atoms with Crippen molar-refractivity contribution in [3.05, 3.63) is 95.6 Å². The summed E-state index contributed by atoms with van der Waals surface area (Å²) in [6.07, 6.45) is 2.88. The number of hydrogen-bond acceptors (Lipinski definition) is 5. The highest BCUT2D eigenvalue weighted by Gasteiger charge is 2.22. The van der Waals surface area contributed by atoms with Crippen molar-refractivity contribution in [2.45, 2.75) is 31.7 Å². The van der Waals surface area contributed by atoms with Gasteiger partial charge in [0, 0.05) is 18.5 Å². The van der Waals surface area contributed by atoms with E-state index in [1.54, 1.807) is 42.5 Å². The summed E-state index contributed by atoms with van der Waals surface area (Å²) in [6.45, 7) is -0.0144. The maximum atomic E-state index is 13.0. The van der Waals surface area contributed by atoms with Crippen LogP contribution in [0.2, 0.25) is 0 Å². The zero-order valence-electron chi connectivity index (χ0n) is 20.0. The Balaban J connectivity index is 1.62. The normalized spacial score (nSPS) is 11.3. The molecule has 0 aromatic heterocycles. The van der Waals surface area contributed by atoms with E-state index in [2.05, 4.69) is 22.8 Å². The van der Waals surface area contributed by atoms with Crippen LogP contribution in [0.1, 0.15) is 34.3 Å². The van der Waals surface area contributed by atoms with Crippen molar-refractivity contribution in [3.8, 4) is 5.75 Å². The number of benzene rings is 3. The molecule has 0 fully saturated rings. The fourth-order valence-electron chi connectivity index (χ4n) is 3.71. The van der Waals surface area contributed by atoms with Crippen molar-refractivity contribution >= 4 is 23.5 Å². The zero-order valence-corrected chi connectivity index (χ0v) is 20.0. The summed E-state index contributed by atoms with van der Waals surface area (Å²) in [5.74, 6) is -1.51. The summed E-state index contributed by atoms with van der Waals surface area (Å²) in [7, 11) is 0. The quantitative estimate of drug-likeness (QED) is 0.215. The van der Waals surface area contributed by atoms with Crippen LogP contribution in [0.3, 0.4) is 0 Å². The molecule has 3 rings (SSSR count). The molecular weight excluding hydrogens is 458 g/mol. The minimum Gasteiger partial charge on any atom is -0.480 e. The summed E-state index contributed by atoms with van der Waals surface area (Å²) in [5.41, 5.74) is 8.67. The number of nitrogens with two attached hydrogens (primary N) is 1. The molecular formula is C28H31N3O5. The van der Waals surface area contributed by atoms with Crippen LogP contribution >= 0.6 is 0 Å². The fourth-order valence-corrected chi connectivity index (χ4v) is 3.71. The molecule has 3 aromatic rings. The second-order valence-corrected chi connectivity index (χ2v) is 8.38. The highest BCUT2D eigenvalue weighted by molar-refractivity contribution is 5.97. The predicted molar refractivity (Wildman–Crippen MR) is 138 cm³/mol. The van der Waals surface area contributed by atoms with Crippen molar-refractivity contribution in [2.24, 2.45) is 0 Å². The highest BCUT2D eigenvalue weighted by atomic mass is 16.5. The summed E-state index contributed by atoms with van der Waals surface area (Å²) < 4.78 is 5.16. The molecule has 0 aliphatic carbocycles. The molecule has 1 unspecified atom stereocenters. The topological polar surface area (TPSA) is 131 Å². The number of carbonyl (C=O) groups is 3. The van der Waals surface area contributed by atoms with Gasteiger partial charge < -0.3 is 26.2 Å². The third-order valence-electron chi connectivity index (χ3n) is 5.56. The Labute approximate surface area is 210 Å². The van der Waals surface area contributed by atoms with Gasteiger partial charge in [-0.05, 0) is 54.7 Å². The van der Waals surface area contributed by atoms with Gasteiger partial charge in [0.1, 0.15) is 11.8 Å². The molecule has 3 aromatic carbocycles. The first kappa shape index (κ1) is 26.3. The molecule has 5 N–H and O–H groups in total. The van der Waals surface area contributed by atoms with E-state index in [-0.39, 0.29) is 29.7 Å². The largest absolute Gasteiger partial charge is 0.480 e. The molecule has 1 atom stereocenters. The molecule has 0 aliphatic rings. The second kappa shape index (κ2) is 13.5. The molecule has 0 bridgehead atoms. The summed E-state index contributed by atoms with van der Waals surface area (Å²) in [5, 5.41) is 14.5. The molecule has 2 amide bonds. The zero-order chi connectivity index (χ0) is 25.8. The average Bonchev–Trinajstić information content (AvgIpc) is 2.88. The molecule has 8 nitrogen and oxygen atoms in total. The van der Waals surface area contributed by atoms with Crippen molar-refractivity contribution < 1.29 is 24.2 Å². The van der Waals surface area contributed by atoms with Gasteiger partial charge in [0.25, 0.3) is 5.91 Å². The highest BCUT2D eigenvalue weighted by Crippen LogP contribution is 2.23. The SMILES string of the molecule is Nc1cc(CC(NC(=O)c2ccccc2)C(=O)NCCCCc2ccccc2)ccc1OCC(=O)O. The van der Waals surface area contributed by atoms with Crippen molar-refractivity contribution in [2.75, 3.05) is 18.9 Å². The van der Waals surface area contributed by atoms with Crippen molar-refractivity contribution in [3.63, 3.8) is 0 Å². The van der Waals surface area contributed by atoms with Gasteiger partial charge in [0.15, 0.2) is 6.61 Å². The number of hydrogen-bond donors (Lipinski definition) is 4. The van der Waals surface area contributed by atoms with Crippen LogP contribution in [0, 0.1) is 0 Å². The first-order valence-electron chi connectivity index (χ1n) is 11.8. The first-order chi connectivity index (χ1) is 17.4. The number of rotatable bonds is 13. The first-order valence-corrected chi connectivity index (χ1v) is 11.8.